The summed E-state index contributed by atoms with van der Waals surface area (Å²) in [6, 6.07) is 10.4. The minimum Gasteiger partial charge on any atom is -0.381 e. The molecule has 1 aliphatic rings. The van der Waals surface area contributed by atoms with Gasteiger partial charge in [-0.15, -0.1) is 0 Å². The lowest BCUT2D eigenvalue weighted by atomic mass is 10.1. The van der Waals surface area contributed by atoms with E-state index in [0.29, 0.717) is 5.92 Å². The summed E-state index contributed by atoms with van der Waals surface area (Å²) < 4.78 is 5.37. The van der Waals surface area contributed by atoms with Crippen LogP contribution in [0.25, 0.3) is 10.8 Å². The predicted molar refractivity (Wildman–Crippen MR) is 69.2 cm³/mol. The van der Waals surface area contributed by atoms with Crippen molar-refractivity contribution in [2.24, 2.45) is 5.92 Å². The molecule has 1 unspecified atom stereocenters. The van der Waals surface area contributed by atoms with E-state index in [1.165, 1.54) is 10.8 Å². The van der Waals surface area contributed by atoms with E-state index in [2.05, 4.69) is 28.5 Å². The van der Waals surface area contributed by atoms with Crippen LogP contribution in [0.2, 0.25) is 0 Å². The Morgan fingerprint density at radius 3 is 3.12 bits per heavy atom. The van der Waals surface area contributed by atoms with Crippen LogP contribution < -0.4 is 5.32 Å². The SMILES string of the molecule is c1ccc2c(NCC3CCOC3)nccc2c1. The van der Waals surface area contributed by atoms with Crippen LogP contribution in [0.4, 0.5) is 5.82 Å². The summed E-state index contributed by atoms with van der Waals surface area (Å²) in [6.45, 7) is 2.72. The van der Waals surface area contributed by atoms with Gasteiger partial charge in [0.05, 0.1) is 6.61 Å². The summed E-state index contributed by atoms with van der Waals surface area (Å²) in [5, 5.41) is 5.86. The average Bonchev–Trinajstić information content (AvgIpc) is 2.89. The molecule has 1 saturated heterocycles. The van der Waals surface area contributed by atoms with Crippen LogP contribution in [0.3, 0.4) is 0 Å². The second-order valence-corrected chi connectivity index (χ2v) is 4.49. The smallest absolute Gasteiger partial charge is 0.133 e. The van der Waals surface area contributed by atoms with E-state index < -0.39 is 0 Å². The Hall–Kier alpha value is -1.61. The van der Waals surface area contributed by atoms with Crippen molar-refractivity contribution in [1.82, 2.24) is 4.98 Å². The quantitative estimate of drug-likeness (QED) is 0.877. The van der Waals surface area contributed by atoms with Crippen LogP contribution in [-0.2, 0) is 4.74 Å². The average molecular weight is 228 g/mol. The van der Waals surface area contributed by atoms with Crippen LogP contribution in [0.5, 0.6) is 0 Å². The first kappa shape index (κ1) is 10.5. The van der Waals surface area contributed by atoms with E-state index in [1.54, 1.807) is 0 Å². The Morgan fingerprint density at radius 2 is 2.24 bits per heavy atom. The molecular weight excluding hydrogens is 212 g/mol. The summed E-state index contributed by atoms with van der Waals surface area (Å²) in [5.74, 6) is 1.60. The van der Waals surface area contributed by atoms with Crippen molar-refractivity contribution >= 4 is 16.6 Å². The molecule has 0 radical (unpaired) electrons. The molecule has 1 N–H and O–H groups in total. The summed E-state index contributed by atoms with van der Waals surface area (Å²) in [4.78, 5) is 4.42. The van der Waals surface area contributed by atoms with Crippen LogP contribution >= 0.6 is 0 Å². The predicted octanol–water partition coefficient (Wildman–Crippen LogP) is 2.68. The van der Waals surface area contributed by atoms with Gasteiger partial charge in [-0.3, -0.25) is 0 Å². The van der Waals surface area contributed by atoms with E-state index >= 15 is 0 Å². The maximum atomic E-state index is 5.37. The monoisotopic (exact) mass is 228 g/mol. The van der Waals surface area contributed by atoms with Crippen molar-refractivity contribution < 1.29 is 4.74 Å². The van der Waals surface area contributed by atoms with Gasteiger partial charge in [0.15, 0.2) is 0 Å². The lowest BCUT2D eigenvalue weighted by Gasteiger charge is -2.11. The zero-order valence-electron chi connectivity index (χ0n) is 9.73. The van der Waals surface area contributed by atoms with Crippen molar-refractivity contribution in [3.8, 4) is 0 Å². The summed E-state index contributed by atoms with van der Waals surface area (Å²) in [6.07, 6.45) is 3.01. The standard InChI is InChI=1S/C14H16N2O/c1-2-4-13-12(3-1)5-7-15-14(13)16-9-11-6-8-17-10-11/h1-5,7,11H,6,8-10H2,(H,15,16). The molecule has 17 heavy (non-hydrogen) atoms. The number of hydrogen-bond acceptors (Lipinski definition) is 3. The molecule has 2 aromatic rings. The number of anilines is 1. The number of benzene rings is 1. The molecule has 0 amide bonds. The number of rotatable bonds is 3. The largest absolute Gasteiger partial charge is 0.381 e. The highest BCUT2D eigenvalue weighted by Crippen LogP contribution is 2.21. The van der Waals surface area contributed by atoms with Gasteiger partial charge < -0.3 is 10.1 Å². The van der Waals surface area contributed by atoms with Crippen LogP contribution in [-0.4, -0.2) is 24.7 Å². The van der Waals surface area contributed by atoms with Crippen LogP contribution in [0.15, 0.2) is 36.5 Å². The van der Waals surface area contributed by atoms with Crippen molar-refractivity contribution in [3.63, 3.8) is 0 Å². The number of nitrogens with zero attached hydrogens (tertiary/aromatic N) is 1. The molecule has 3 rings (SSSR count). The number of hydrogen-bond donors (Lipinski definition) is 1. The summed E-state index contributed by atoms with van der Waals surface area (Å²) in [5.41, 5.74) is 0. The highest BCUT2D eigenvalue weighted by atomic mass is 16.5. The van der Waals surface area contributed by atoms with Crippen LogP contribution in [0.1, 0.15) is 6.42 Å². The third kappa shape index (κ3) is 2.24. The Labute approximate surface area is 101 Å². The molecule has 0 spiro atoms. The molecule has 1 aliphatic heterocycles. The first-order chi connectivity index (χ1) is 8.43. The molecule has 1 aromatic heterocycles. The maximum absolute atomic E-state index is 5.37. The highest BCUT2D eigenvalue weighted by molar-refractivity contribution is 5.91. The Balaban J connectivity index is 1.79. The molecule has 88 valence electrons. The molecule has 0 saturated carbocycles. The van der Waals surface area contributed by atoms with Crippen molar-refractivity contribution in [2.75, 3.05) is 25.1 Å². The molecule has 1 atom stereocenters. The first-order valence-electron chi connectivity index (χ1n) is 6.09. The van der Waals surface area contributed by atoms with E-state index in [0.717, 1.165) is 32.0 Å². The van der Waals surface area contributed by atoms with Gasteiger partial charge >= 0.3 is 0 Å². The minimum atomic E-state index is 0.621. The fourth-order valence-electron chi connectivity index (χ4n) is 2.25. The van der Waals surface area contributed by atoms with Crippen molar-refractivity contribution in [3.05, 3.63) is 36.5 Å². The summed E-state index contributed by atoms with van der Waals surface area (Å²) in [7, 11) is 0. The molecule has 3 heteroatoms. The highest BCUT2D eigenvalue weighted by Gasteiger charge is 2.15. The zero-order chi connectivity index (χ0) is 11.5. The second kappa shape index (κ2) is 4.72. The van der Waals surface area contributed by atoms with Gasteiger partial charge in [0.2, 0.25) is 0 Å². The summed E-state index contributed by atoms with van der Waals surface area (Å²) >= 11 is 0. The Kier molecular flexibility index (Phi) is 2.92. The fraction of sp³-hybridized carbons (Fsp3) is 0.357. The molecule has 3 nitrogen and oxygen atoms in total. The molecule has 0 bridgehead atoms. The number of fused-ring (bicyclic) bond motifs is 1. The van der Waals surface area contributed by atoms with Crippen molar-refractivity contribution in [1.29, 1.82) is 0 Å². The third-order valence-corrected chi connectivity index (χ3v) is 3.26. The Bertz CT molecular complexity index is 501. The lowest BCUT2D eigenvalue weighted by molar-refractivity contribution is 0.187. The van der Waals surface area contributed by atoms with Gasteiger partial charge in [0.1, 0.15) is 5.82 Å². The van der Waals surface area contributed by atoms with E-state index in [-0.39, 0.29) is 0 Å². The van der Waals surface area contributed by atoms with Crippen molar-refractivity contribution in [2.45, 2.75) is 6.42 Å². The van der Waals surface area contributed by atoms with Crippen LogP contribution in [0, 0.1) is 5.92 Å². The second-order valence-electron chi connectivity index (χ2n) is 4.49. The maximum Gasteiger partial charge on any atom is 0.133 e. The van der Waals surface area contributed by atoms with E-state index in [9.17, 15) is 0 Å². The Morgan fingerprint density at radius 1 is 1.29 bits per heavy atom. The van der Waals surface area contributed by atoms with Gasteiger partial charge in [-0.05, 0) is 17.9 Å². The fourth-order valence-corrected chi connectivity index (χ4v) is 2.25. The normalized spacial score (nSPS) is 19.6. The van der Waals surface area contributed by atoms with E-state index in [4.69, 9.17) is 4.74 Å². The zero-order valence-corrected chi connectivity index (χ0v) is 9.73. The number of aromatic nitrogens is 1. The molecule has 0 aliphatic carbocycles. The van der Waals surface area contributed by atoms with Gasteiger partial charge in [-0.2, -0.15) is 0 Å². The van der Waals surface area contributed by atoms with Gasteiger partial charge in [-0.1, -0.05) is 24.3 Å². The van der Waals surface area contributed by atoms with E-state index in [1.807, 2.05) is 18.3 Å². The molecular formula is C14H16N2O. The van der Waals surface area contributed by atoms with Gasteiger partial charge in [0.25, 0.3) is 0 Å². The minimum absolute atomic E-state index is 0.621. The molecule has 2 heterocycles. The van der Waals surface area contributed by atoms with Gasteiger partial charge in [0, 0.05) is 30.7 Å². The lowest BCUT2D eigenvalue weighted by Crippen LogP contribution is -2.14. The third-order valence-electron chi connectivity index (χ3n) is 3.26. The number of ether oxygens (including phenoxy) is 1. The topological polar surface area (TPSA) is 34.1 Å². The number of pyridine rings is 1. The van der Waals surface area contributed by atoms with Gasteiger partial charge in [-0.25, -0.2) is 4.98 Å². The molecule has 1 fully saturated rings. The first-order valence-corrected chi connectivity index (χ1v) is 6.09. The number of nitrogens with one attached hydrogen (secondary N) is 1. The molecule has 1 aromatic carbocycles.